The SMILES string of the molecule is COC(=O)c1ccc2nc([C@H](C)N3CCC(c4cccc(OCc5ccc6cnn(CC(F)(F)F)c6c5)n4)CC3)n(C[C@@H]3CCO3)c2c1. The largest absolute Gasteiger partial charge is 0.473 e. The Morgan fingerprint density at radius 3 is 2.58 bits per heavy atom. The highest BCUT2D eigenvalue weighted by atomic mass is 19.4. The van der Waals surface area contributed by atoms with Gasteiger partial charge in [-0.2, -0.15) is 18.3 Å². The first-order chi connectivity index (χ1) is 23.1. The molecule has 0 unspecified atom stereocenters. The molecule has 2 aliphatic heterocycles. The molecule has 2 aliphatic rings. The van der Waals surface area contributed by atoms with Crippen LogP contribution in [0.15, 0.2) is 60.8 Å². The maximum atomic E-state index is 13.0. The number of esters is 1. The summed E-state index contributed by atoms with van der Waals surface area (Å²) in [6, 6.07) is 16.6. The number of pyridine rings is 1. The number of hydrogen-bond acceptors (Lipinski definition) is 8. The molecule has 2 fully saturated rings. The Balaban J connectivity index is 1.01. The molecule has 2 atom stereocenters. The molecular formula is C35H37F3N6O4. The van der Waals surface area contributed by atoms with Crippen LogP contribution in [0.3, 0.4) is 0 Å². The number of benzene rings is 2. The summed E-state index contributed by atoms with van der Waals surface area (Å²) in [6.45, 7) is 4.38. The second kappa shape index (κ2) is 13.2. The number of fused-ring (bicyclic) bond motifs is 2. The number of likely N-dealkylation sites (tertiary alicyclic amines) is 1. The van der Waals surface area contributed by atoms with Crippen molar-refractivity contribution in [3.63, 3.8) is 0 Å². The van der Waals surface area contributed by atoms with E-state index in [0.717, 1.165) is 71.8 Å². The number of hydrogen-bond donors (Lipinski definition) is 0. The van der Waals surface area contributed by atoms with Crippen molar-refractivity contribution in [1.82, 2.24) is 29.2 Å². The van der Waals surface area contributed by atoms with E-state index in [-0.39, 0.29) is 30.6 Å². The number of imidazole rings is 1. The fraction of sp³-hybridized carbons (Fsp3) is 0.429. The lowest BCUT2D eigenvalue weighted by molar-refractivity contribution is -0.141. The molecule has 2 aromatic carbocycles. The third-order valence-corrected chi connectivity index (χ3v) is 9.42. The van der Waals surface area contributed by atoms with Gasteiger partial charge >= 0.3 is 12.1 Å². The summed E-state index contributed by atoms with van der Waals surface area (Å²) in [5.41, 5.74) is 4.34. The second-order valence-corrected chi connectivity index (χ2v) is 12.5. The van der Waals surface area contributed by atoms with Gasteiger partial charge in [-0.1, -0.05) is 18.2 Å². The molecule has 0 radical (unpaired) electrons. The van der Waals surface area contributed by atoms with Crippen LogP contribution >= 0.6 is 0 Å². The van der Waals surface area contributed by atoms with Crippen LogP contribution in [-0.4, -0.2) is 74.3 Å². The van der Waals surface area contributed by atoms with Gasteiger partial charge in [0.05, 0.1) is 54.1 Å². The highest BCUT2D eigenvalue weighted by Gasteiger charge is 2.31. The van der Waals surface area contributed by atoms with E-state index in [1.54, 1.807) is 24.3 Å². The first-order valence-corrected chi connectivity index (χ1v) is 16.2. The molecule has 0 aliphatic carbocycles. The van der Waals surface area contributed by atoms with Gasteiger partial charge in [0.25, 0.3) is 0 Å². The van der Waals surface area contributed by atoms with Crippen molar-refractivity contribution in [3.8, 4) is 5.88 Å². The molecule has 2 saturated heterocycles. The number of carbonyl (C=O) groups is 1. The minimum atomic E-state index is -4.36. The summed E-state index contributed by atoms with van der Waals surface area (Å²) >= 11 is 0. The van der Waals surface area contributed by atoms with E-state index in [0.29, 0.717) is 28.9 Å². The number of alkyl halides is 3. The summed E-state index contributed by atoms with van der Waals surface area (Å²) in [7, 11) is 1.38. The summed E-state index contributed by atoms with van der Waals surface area (Å²) in [4.78, 5) is 24.5. The van der Waals surface area contributed by atoms with Crippen LogP contribution in [0.4, 0.5) is 13.2 Å². The Kier molecular flexibility index (Phi) is 8.82. The minimum absolute atomic E-state index is 0.0485. The Bertz CT molecular complexity index is 1930. The van der Waals surface area contributed by atoms with Crippen molar-refractivity contribution in [2.24, 2.45) is 0 Å². The summed E-state index contributed by atoms with van der Waals surface area (Å²) in [5, 5.41) is 4.53. The van der Waals surface area contributed by atoms with Crippen LogP contribution in [0.25, 0.3) is 21.9 Å². The summed E-state index contributed by atoms with van der Waals surface area (Å²) < 4.78 is 58.8. The van der Waals surface area contributed by atoms with Gasteiger partial charge in [-0.15, -0.1) is 0 Å². The van der Waals surface area contributed by atoms with E-state index in [4.69, 9.17) is 24.2 Å². The Morgan fingerprint density at radius 1 is 1.04 bits per heavy atom. The zero-order chi connectivity index (χ0) is 33.4. The number of piperidine rings is 1. The normalized spacial score (nSPS) is 18.2. The fourth-order valence-electron chi connectivity index (χ4n) is 6.67. The van der Waals surface area contributed by atoms with Crippen LogP contribution in [0.1, 0.15) is 65.6 Å². The number of carbonyl (C=O) groups excluding carboxylic acids is 1. The van der Waals surface area contributed by atoms with Crippen LogP contribution in [0.5, 0.6) is 5.88 Å². The molecule has 0 N–H and O–H groups in total. The monoisotopic (exact) mass is 662 g/mol. The first-order valence-electron chi connectivity index (χ1n) is 16.2. The van der Waals surface area contributed by atoms with E-state index in [2.05, 4.69) is 21.5 Å². The zero-order valence-corrected chi connectivity index (χ0v) is 26.8. The van der Waals surface area contributed by atoms with Crippen LogP contribution in [0.2, 0.25) is 0 Å². The molecule has 13 heteroatoms. The number of nitrogens with zero attached hydrogens (tertiary/aromatic N) is 6. The van der Waals surface area contributed by atoms with Gasteiger partial charge in [-0.25, -0.2) is 14.8 Å². The average Bonchev–Trinajstić information content (AvgIpc) is 3.64. The Labute approximate surface area is 275 Å². The molecule has 48 heavy (non-hydrogen) atoms. The molecule has 0 amide bonds. The third kappa shape index (κ3) is 6.74. The fourth-order valence-corrected chi connectivity index (χ4v) is 6.67. The predicted octanol–water partition coefficient (Wildman–Crippen LogP) is 6.44. The van der Waals surface area contributed by atoms with Crippen molar-refractivity contribution >= 4 is 27.9 Å². The lowest BCUT2D eigenvalue weighted by atomic mass is 9.92. The second-order valence-electron chi connectivity index (χ2n) is 12.5. The third-order valence-electron chi connectivity index (χ3n) is 9.42. The van der Waals surface area contributed by atoms with Crippen LogP contribution < -0.4 is 4.74 Å². The molecule has 252 valence electrons. The molecular weight excluding hydrogens is 625 g/mol. The van der Waals surface area contributed by atoms with Crippen molar-refractivity contribution < 1.29 is 32.2 Å². The first kappa shape index (κ1) is 32.1. The van der Waals surface area contributed by atoms with Gasteiger partial charge in [0.15, 0.2) is 0 Å². The maximum Gasteiger partial charge on any atom is 0.408 e. The smallest absolute Gasteiger partial charge is 0.408 e. The van der Waals surface area contributed by atoms with Crippen molar-refractivity contribution in [2.45, 2.75) is 70.1 Å². The molecule has 0 spiro atoms. The van der Waals surface area contributed by atoms with Gasteiger partial charge < -0.3 is 18.8 Å². The van der Waals surface area contributed by atoms with E-state index < -0.39 is 12.7 Å². The van der Waals surface area contributed by atoms with Gasteiger partial charge in [0.2, 0.25) is 5.88 Å². The van der Waals surface area contributed by atoms with Crippen LogP contribution in [-0.2, 0) is 29.2 Å². The highest BCUT2D eigenvalue weighted by molar-refractivity contribution is 5.93. The maximum absolute atomic E-state index is 13.0. The number of rotatable bonds is 10. The quantitative estimate of drug-likeness (QED) is 0.158. The molecule has 7 rings (SSSR count). The van der Waals surface area contributed by atoms with Crippen molar-refractivity contribution in [2.75, 3.05) is 26.8 Å². The van der Waals surface area contributed by atoms with Crippen molar-refractivity contribution in [1.29, 1.82) is 0 Å². The molecule has 5 heterocycles. The number of methoxy groups -OCH3 is 1. The van der Waals surface area contributed by atoms with E-state index >= 15 is 0 Å². The van der Waals surface area contributed by atoms with Gasteiger partial charge in [-0.3, -0.25) is 9.58 Å². The molecule has 3 aromatic heterocycles. The van der Waals surface area contributed by atoms with E-state index in [1.807, 2.05) is 30.3 Å². The lowest BCUT2D eigenvalue weighted by Crippen LogP contribution is -2.37. The summed E-state index contributed by atoms with van der Waals surface area (Å²) in [6.07, 6.45) is 0.0308. The summed E-state index contributed by atoms with van der Waals surface area (Å²) in [5.74, 6) is 1.31. The molecule has 5 aromatic rings. The number of halogens is 3. The lowest BCUT2D eigenvalue weighted by Gasteiger charge is -2.36. The average molecular weight is 663 g/mol. The topological polar surface area (TPSA) is 96.5 Å². The minimum Gasteiger partial charge on any atom is -0.473 e. The van der Waals surface area contributed by atoms with Gasteiger partial charge in [0.1, 0.15) is 19.0 Å². The number of ether oxygens (including phenoxy) is 3. The van der Waals surface area contributed by atoms with E-state index in [9.17, 15) is 18.0 Å². The Morgan fingerprint density at radius 2 is 1.85 bits per heavy atom. The molecule has 0 bridgehead atoms. The molecule has 0 saturated carbocycles. The zero-order valence-electron chi connectivity index (χ0n) is 26.8. The standard InChI is InChI=1S/C35H37F3N6O4/c1-22(33-41-29-9-8-25(34(45)46-2)17-31(29)43(33)19-27-12-15-47-27)42-13-10-24(11-14-42)28-4-3-5-32(40-28)48-20-23-6-7-26-18-39-44(30(26)16-23)21-35(36,37)38/h3-9,16-18,22,24,27H,10-15,19-21H2,1-2H3/t22-,27-/m0/s1. The van der Waals surface area contributed by atoms with Gasteiger partial charge in [-0.05, 0) is 75.2 Å². The number of aromatic nitrogens is 5. The highest BCUT2D eigenvalue weighted by Crippen LogP contribution is 2.34. The van der Waals surface area contributed by atoms with E-state index in [1.165, 1.54) is 13.3 Å². The predicted molar refractivity (Wildman–Crippen MR) is 172 cm³/mol. The van der Waals surface area contributed by atoms with Crippen LogP contribution in [0, 0.1) is 0 Å². The van der Waals surface area contributed by atoms with Gasteiger partial charge in [0, 0.05) is 29.7 Å². The molecule has 10 nitrogen and oxygen atoms in total. The Hall–Kier alpha value is -4.49. The van der Waals surface area contributed by atoms with Crippen molar-refractivity contribution in [3.05, 3.63) is 83.4 Å².